The van der Waals surface area contributed by atoms with Crippen molar-refractivity contribution in [3.05, 3.63) is 40.6 Å². The fourth-order valence-corrected chi connectivity index (χ4v) is 2.94. The second-order valence-electron chi connectivity index (χ2n) is 4.82. The molecule has 0 aromatic heterocycles. The number of hydrogen-bond acceptors (Lipinski definition) is 2. The van der Waals surface area contributed by atoms with Gasteiger partial charge in [-0.1, -0.05) is 18.5 Å². The Labute approximate surface area is 106 Å². The van der Waals surface area contributed by atoms with E-state index in [2.05, 4.69) is 17.9 Å². The van der Waals surface area contributed by atoms with Crippen LogP contribution in [0, 0.1) is 5.92 Å². The van der Waals surface area contributed by atoms with Crippen LogP contribution in [-0.2, 0) is 11.2 Å². The van der Waals surface area contributed by atoms with Crippen molar-refractivity contribution in [3.8, 4) is 0 Å². The number of benzene rings is 1. The van der Waals surface area contributed by atoms with Gasteiger partial charge < -0.3 is 4.90 Å². The molecule has 1 atom stereocenters. The fraction of sp³-hybridized carbons (Fsp3) is 0.357. The average Bonchev–Trinajstić information content (AvgIpc) is 2.29. The fourth-order valence-electron chi connectivity index (χ4n) is 2.75. The van der Waals surface area contributed by atoms with E-state index >= 15 is 0 Å². The number of ketones is 1. The molecule has 1 aromatic carbocycles. The summed E-state index contributed by atoms with van der Waals surface area (Å²) in [5.74, 6) is 0.644. The summed E-state index contributed by atoms with van der Waals surface area (Å²) in [6, 6.07) is 6.03. The second kappa shape index (κ2) is 3.88. The predicted molar refractivity (Wildman–Crippen MR) is 69.4 cm³/mol. The van der Waals surface area contributed by atoms with Gasteiger partial charge in [0.15, 0.2) is 5.78 Å². The first-order chi connectivity index (χ1) is 8.15. The van der Waals surface area contributed by atoms with Gasteiger partial charge in [-0.05, 0) is 30.2 Å². The van der Waals surface area contributed by atoms with Gasteiger partial charge in [0, 0.05) is 41.4 Å². The molecule has 0 saturated heterocycles. The quantitative estimate of drug-likeness (QED) is 0.702. The van der Waals surface area contributed by atoms with Crippen LogP contribution >= 0.6 is 11.6 Å². The molecule has 1 unspecified atom stereocenters. The van der Waals surface area contributed by atoms with Gasteiger partial charge in [0.05, 0.1) is 0 Å². The van der Waals surface area contributed by atoms with Crippen molar-refractivity contribution in [1.29, 1.82) is 0 Å². The molecule has 1 aromatic rings. The maximum absolute atomic E-state index is 11.5. The average molecular weight is 248 g/mol. The van der Waals surface area contributed by atoms with E-state index in [4.69, 9.17) is 11.6 Å². The van der Waals surface area contributed by atoms with E-state index < -0.39 is 0 Å². The van der Waals surface area contributed by atoms with Crippen molar-refractivity contribution in [2.45, 2.75) is 19.8 Å². The minimum Gasteiger partial charge on any atom is -0.344 e. The molecule has 17 heavy (non-hydrogen) atoms. The zero-order valence-electron chi connectivity index (χ0n) is 9.74. The van der Waals surface area contributed by atoms with E-state index in [-0.39, 0.29) is 5.78 Å². The van der Waals surface area contributed by atoms with E-state index in [9.17, 15) is 4.79 Å². The van der Waals surface area contributed by atoms with Crippen LogP contribution in [-0.4, -0.2) is 12.3 Å². The molecule has 2 aliphatic rings. The summed E-state index contributed by atoms with van der Waals surface area (Å²) >= 11 is 6.04. The topological polar surface area (TPSA) is 20.3 Å². The van der Waals surface area contributed by atoms with E-state index in [1.165, 1.54) is 11.3 Å². The van der Waals surface area contributed by atoms with Crippen molar-refractivity contribution >= 4 is 23.1 Å². The maximum atomic E-state index is 11.5. The third-order valence-electron chi connectivity index (χ3n) is 3.57. The van der Waals surface area contributed by atoms with Crippen molar-refractivity contribution in [1.82, 2.24) is 0 Å². The first-order valence-electron chi connectivity index (χ1n) is 5.95. The number of halogens is 1. The molecular formula is C14H14ClNO. The minimum absolute atomic E-state index is 0.250. The molecule has 0 N–H and O–H groups in total. The predicted octanol–water partition coefficient (Wildman–Crippen LogP) is 3.20. The van der Waals surface area contributed by atoms with Gasteiger partial charge in [-0.25, -0.2) is 0 Å². The summed E-state index contributed by atoms with van der Waals surface area (Å²) in [6.45, 7) is 2.96. The zero-order valence-corrected chi connectivity index (χ0v) is 10.5. The number of carbonyl (C=O) groups is 1. The molecule has 2 nitrogen and oxygen atoms in total. The maximum Gasteiger partial charge on any atom is 0.159 e. The number of hydrogen-bond donors (Lipinski definition) is 0. The Morgan fingerprint density at radius 1 is 1.41 bits per heavy atom. The largest absolute Gasteiger partial charge is 0.344 e. The van der Waals surface area contributed by atoms with Crippen LogP contribution in [0.25, 0.3) is 0 Å². The molecule has 3 heteroatoms. The van der Waals surface area contributed by atoms with Gasteiger partial charge in [0.1, 0.15) is 0 Å². The van der Waals surface area contributed by atoms with Crippen LogP contribution in [0.1, 0.15) is 18.9 Å². The molecule has 0 fully saturated rings. The number of nitrogens with zero attached hydrogens (tertiary/aromatic N) is 1. The Kier molecular flexibility index (Phi) is 2.48. The van der Waals surface area contributed by atoms with Gasteiger partial charge in [0.25, 0.3) is 0 Å². The number of anilines is 1. The summed E-state index contributed by atoms with van der Waals surface area (Å²) in [4.78, 5) is 13.8. The Balaban J connectivity index is 2.12. The number of rotatable bonds is 0. The summed E-state index contributed by atoms with van der Waals surface area (Å²) in [5, 5.41) is 0.788. The van der Waals surface area contributed by atoms with Gasteiger partial charge >= 0.3 is 0 Å². The van der Waals surface area contributed by atoms with Crippen LogP contribution in [0.5, 0.6) is 0 Å². The van der Waals surface area contributed by atoms with Crippen LogP contribution in [0.4, 0.5) is 5.69 Å². The highest BCUT2D eigenvalue weighted by molar-refractivity contribution is 6.30. The first kappa shape index (κ1) is 10.8. The molecular weight excluding hydrogens is 234 g/mol. The zero-order chi connectivity index (χ0) is 12.0. The Morgan fingerprint density at radius 2 is 2.24 bits per heavy atom. The standard InChI is InChI=1S/C14H14ClNO/c1-9-6-10-7-11(15)2-3-13(10)16-5-4-12(17)8-14(9)16/h2-3,7-9H,4-6H2,1H3. The molecule has 0 bridgehead atoms. The molecule has 3 rings (SSSR count). The third-order valence-corrected chi connectivity index (χ3v) is 3.80. The lowest BCUT2D eigenvalue weighted by Gasteiger charge is -2.39. The lowest BCUT2D eigenvalue weighted by Crippen LogP contribution is -2.37. The molecule has 2 heterocycles. The molecule has 0 aliphatic carbocycles. The first-order valence-corrected chi connectivity index (χ1v) is 6.33. The lowest BCUT2D eigenvalue weighted by atomic mass is 9.88. The third kappa shape index (κ3) is 1.77. The molecule has 0 radical (unpaired) electrons. The van der Waals surface area contributed by atoms with Crippen LogP contribution in [0.3, 0.4) is 0 Å². The van der Waals surface area contributed by atoms with Crippen LogP contribution in [0.15, 0.2) is 30.0 Å². The highest BCUT2D eigenvalue weighted by Crippen LogP contribution is 2.38. The monoisotopic (exact) mass is 247 g/mol. The molecule has 0 amide bonds. The molecule has 2 aliphatic heterocycles. The number of carbonyl (C=O) groups excluding carboxylic acids is 1. The normalized spacial score (nSPS) is 22.9. The van der Waals surface area contributed by atoms with Crippen molar-refractivity contribution in [2.24, 2.45) is 5.92 Å². The van der Waals surface area contributed by atoms with Gasteiger partial charge in [-0.2, -0.15) is 0 Å². The second-order valence-corrected chi connectivity index (χ2v) is 5.25. The van der Waals surface area contributed by atoms with Crippen molar-refractivity contribution in [3.63, 3.8) is 0 Å². The molecule has 0 saturated carbocycles. The Bertz CT molecular complexity index is 521. The van der Waals surface area contributed by atoms with Crippen molar-refractivity contribution in [2.75, 3.05) is 11.4 Å². The smallest absolute Gasteiger partial charge is 0.159 e. The van der Waals surface area contributed by atoms with Gasteiger partial charge in [-0.15, -0.1) is 0 Å². The minimum atomic E-state index is 0.250. The molecule has 88 valence electrons. The number of fused-ring (bicyclic) bond motifs is 3. The van der Waals surface area contributed by atoms with E-state index in [1.54, 1.807) is 0 Å². The Morgan fingerprint density at radius 3 is 3.06 bits per heavy atom. The van der Waals surface area contributed by atoms with Gasteiger partial charge in [-0.3, -0.25) is 4.79 Å². The summed E-state index contributed by atoms with van der Waals surface area (Å²) in [7, 11) is 0. The van der Waals surface area contributed by atoms with E-state index in [1.807, 2.05) is 18.2 Å². The SMILES string of the molecule is CC1Cc2cc(Cl)ccc2N2CCC(=O)C=C12. The lowest BCUT2D eigenvalue weighted by molar-refractivity contribution is -0.114. The summed E-state index contributed by atoms with van der Waals surface area (Å²) in [6.07, 6.45) is 3.38. The summed E-state index contributed by atoms with van der Waals surface area (Å²) < 4.78 is 0. The van der Waals surface area contributed by atoms with E-state index in [0.29, 0.717) is 12.3 Å². The highest BCUT2D eigenvalue weighted by atomic mass is 35.5. The van der Waals surface area contributed by atoms with Gasteiger partial charge in [0.2, 0.25) is 0 Å². The number of allylic oxidation sites excluding steroid dienone is 2. The summed E-state index contributed by atoms with van der Waals surface area (Å²) in [5.41, 5.74) is 3.67. The van der Waals surface area contributed by atoms with Crippen molar-refractivity contribution < 1.29 is 4.79 Å². The van der Waals surface area contributed by atoms with Crippen LogP contribution in [0.2, 0.25) is 5.02 Å². The molecule has 0 spiro atoms. The van der Waals surface area contributed by atoms with E-state index in [0.717, 1.165) is 23.7 Å². The van der Waals surface area contributed by atoms with Crippen LogP contribution < -0.4 is 4.90 Å². The highest BCUT2D eigenvalue weighted by Gasteiger charge is 2.29. The Hall–Kier alpha value is -1.28.